The number of aliphatic hydroxyl groups is 3. The molecule has 1 saturated carbocycles. The van der Waals surface area contributed by atoms with Crippen LogP contribution < -0.4 is 5.73 Å². The highest BCUT2D eigenvalue weighted by atomic mass is 16.4. The van der Waals surface area contributed by atoms with Gasteiger partial charge in [0.15, 0.2) is 0 Å². The molecule has 0 aliphatic heterocycles. The lowest BCUT2D eigenvalue weighted by Gasteiger charge is -2.26. The van der Waals surface area contributed by atoms with Crippen LogP contribution in [0.5, 0.6) is 0 Å². The largest absolute Gasteiger partial charge is 0.396 e. The molecule has 10 heavy (non-hydrogen) atoms. The van der Waals surface area contributed by atoms with Crippen molar-refractivity contribution < 1.29 is 15.3 Å². The van der Waals surface area contributed by atoms with E-state index >= 15 is 0 Å². The Morgan fingerprint density at radius 2 is 2.10 bits per heavy atom. The van der Waals surface area contributed by atoms with E-state index in [9.17, 15) is 5.11 Å². The molecule has 0 radical (unpaired) electrons. The molecule has 1 fully saturated rings. The van der Waals surface area contributed by atoms with Crippen molar-refractivity contribution >= 4 is 0 Å². The summed E-state index contributed by atoms with van der Waals surface area (Å²) >= 11 is 0. The lowest BCUT2D eigenvalue weighted by Crippen LogP contribution is -2.52. The van der Waals surface area contributed by atoms with Gasteiger partial charge in [-0.2, -0.15) is 0 Å². The zero-order chi connectivity index (χ0) is 7.78. The van der Waals surface area contributed by atoms with E-state index < -0.39 is 11.8 Å². The van der Waals surface area contributed by atoms with Crippen molar-refractivity contribution in [2.45, 2.75) is 24.7 Å². The Morgan fingerprint density at radius 1 is 1.50 bits per heavy atom. The van der Waals surface area contributed by atoms with Crippen LogP contribution in [0.4, 0.5) is 0 Å². The zero-order valence-corrected chi connectivity index (χ0v) is 5.70. The van der Waals surface area contributed by atoms with Crippen molar-refractivity contribution in [1.82, 2.24) is 0 Å². The van der Waals surface area contributed by atoms with Crippen LogP contribution in [0.3, 0.4) is 0 Å². The fourth-order valence-corrected chi connectivity index (χ4v) is 1.33. The first-order valence-electron chi connectivity index (χ1n) is 3.39. The monoisotopic (exact) mass is 147 g/mol. The SMILES string of the molecule is NC1(O)C(O)CCC1CO. The van der Waals surface area contributed by atoms with Gasteiger partial charge in [0.2, 0.25) is 0 Å². The Labute approximate surface area is 59.3 Å². The smallest absolute Gasteiger partial charge is 0.144 e. The van der Waals surface area contributed by atoms with E-state index in [1.165, 1.54) is 0 Å². The summed E-state index contributed by atoms with van der Waals surface area (Å²) in [6.45, 7) is -0.163. The molecule has 1 rings (SSSR count). The molecule has 0 aromatic heterocycles. The quantitative estimate of drug-likeness (QED) is 0.336. The average Bonchev–Trinajstić information content (AvgIpc) is 2.10. The summed E-state index contributed by atoms with van der Waals surface area (Å²) in [6.07, 6.45) is 0.174. The van der Waals surface area contributed by atoms with Crippen LogP contribution in [-0.2, 0) is 0 Å². The summed E-state index contributed by atoms with van der Waals surface area (Å²) in [7, 11) is 0. The van der Waals surface area contributed by atoms with Crippen molar-refractivity contribution in [1.29, 1.82) is 0 Å². The second-order valence-corrected chi connectivity index (χ2v) is 2.86. The Kier molecular flexibility index (Phi) is 1.96. The highest BCUT2D eigenvalue weighted by Crippen LogP contribution is 2.31. The normalized spacial score (nSPS) is 48.0. The van der Waals surface area contributed by atoms with Crippen LogP contribution >= 0.6 is 0 Å². The topological polar surface area (TPSA) is 86.7 Å². The molecule has 0 amide bonds. The number of rotatable bonds is 1. The molecule has 4 heteroatoms. The standard InChI is InChI=1S/C6H13NO3/c7-6(10)4(3-8)1-2-5(6)9/h4-5,8-10H,1-3,7H2. The van der Waals surface area contributed by atoms with Gasteiger partial charge in [-0.1, -0.05) is 0 Å². The van der Waals surface area contributed by atoms with Gasteiger partial charge in [-0.3, -0.25) is 0 Å². The van der Waals surface area contributed by atoms with Crippen molar-refractivity contribution in [2.24, 2.45) is 11.7 Å². The van der Waals surface area contributed by atoms with Crippen LogP contribution in [0.2, 0.25) is 0 Å². The van der Waals surface area contributed by atoms with Crippen LogP contribution in [-0.4, -0.2) is 33.8 Å². The lowest BCUT2D eigenvalue weighted by molar-refractivity contribution is -0.0863. The molecule has 3 atom stereocenters. The van der Waals surface area contributed by atoms with Gasteiger partial charge in [-0.25, -0.2) is 0 Å². The fraction of sp³-hybridized carbons (Fsp3) is 1.00. The first-order chi connectivity index (χ1) is 4.59. The molecule has 0 spiro atoms. The first kappa shape index (κ1) is 7.94. The third kappa shape index (κ3) is 1.03. The highest BCUT2D eigenvalue weighted by molar-refractivity contribution is 4.93. The van der Waals surface area contributed by atoms with Gasteiger partial charge < -0.3 is 21.1 Å². The summed E-state index contributed by atoms with van der Waals surface area (Å²) in [5.74, 6) is -0.373. The molecule has 60 valence electrons. The van der Waals surface area contributed by atoms with Crippen molar-refractivity contribution in [3.8, 4) is 0 Å². The molecular formula is C6H13NO3. The molecule has 0 aromatic carbocycles. The molecule has 1 aliphatic rings. The molecule has 4 nitrogen and oxygen atoms in total. The Morgan fingerprint density at radius 3 is 2.30 bits per heavy atom. The highest BCUT2D eigenvalue weighted by Gasteiger charge is 2.44. The summed E-state index contributed by atoms with van der Waals surface area (Å²) in [5, 5.41) is 27.0. The van der Waals surface area contributed by atoms with Crippen molar-refractivity contribution in [3.63, 3.8) is 0 Å². The van der Waals surface area contributed by atoms with Gasteiger partial charge in [0.05, 0.1) is 12.7 Å². The molecule has 0 saturated heterocycles. The van der Waals surface area contributed by atoms with Gasteiger partial charge in [-0.05, 0) is 12.8 Å². The fourth-order valence-electron chi connectivity index (χ4n) is 1.33. The molecule has 1 aliphatic carbocycles. The zero-order valence-electron chi connectivity index (χ0n) is 5.70. The Bertz CT molecular complexity index is 126. The molecule has 0 heterocycles. The molecule has 5 N–H and O–H groups in total. The van der Waals surface area contributed by atoms with E-state index in [-0.39, 0.29) is 12.5 Å². The van der Waals surface area contributed by atoms with Crippen LogP contribution in [0, 0.1) is 5.92 Å². The maximum Gasteiger partial charge on any atom is 0.144 e. The van der Waals surface area contributed by atoms with Crippen LogP contribution in [0.15, 0.2) is 0 Å². The minimum Gasteiger partial charge on any atom is -0.396 e. The van der Waals surface area contributed by atoms with Gasteiger partial charge in [0, 0.05) is 5.92 Å². The maximum atomic E-state index is 9.29. The number of hydrogen-bond donors (Lipinski definition) is 4. The second-order valence-electron chi connectivity index (χ2n) is 2.86. The summed E-state index contributed by atoms with van der Waals surface area (Å²) in [6, 6.07) is 0. The molecule has 0 bridgehead atoms. The second kappa shape index (κ2) is 2.47. The minimum absolute atomic E-state index is 0.163. The van der Waals surface area contributed by atoms with Crippen LogP contribution in [0.1, 0.15) is 12.8 Å². The molecular weight excluding hydrogens is 134 g/mol. The molecule has 0 aromatic rings. The van der Waals surface area contributed by atoms with Gasteiger partial charge in [0.25, 0.3) is 0 Å². The molecule has 3 unspecified atom stereocenters. The van der Waals surface area contributed by atoms with E-state index in [1.54, 1.807) is 0 Å². The third-order valence-electron chi connectivity index (χ3n) is 2.20. The Hall–Kier alpha value is -0.160. The lowest BCUT2D eigenvalue weighted by atomic mass is 10.0. The van der Waals surface area contributed by atoms with E-state index in [0.717, 1.165) is 0 Å². The van der Waals surface area contributed by atoms with E-state index in [2.05, 4.69) is 0 Å². The Balaban J connectivity index is 2.64. The van der Waals surface area contributed by atoms with Gasteiger partial charge in [-0.15, -0.1) is 0 Å². The van der Waals surface area contributed by atoms with E-state index in [0.29, 0.717) is 12.8 Å². The summed E-state index contributed by atoms with van der Waals surface area (Å²) < 4.78 is 0. The first-order valence-corrected chi connectivity index (χ1v) is 3.39. The number of hydrogen-bond acceptors (Lipinski definition) is 4. The van der Waals surface area contributed by atoms with Crippen LogP contribution in [0.25, 0.3) is 0 Å². The third-order valence-corrected chi connectivity index (χ3v) is 2.20. The number of aliphatic hydroxyl groups excluding tert-OH is 2. The predicted molar refractivity (Wildman–Crippen MR) is 35.0 cm³/mol. The number of nitrogens with two attached hydrogens (primary N) is 1. The van der Waals surface area contributed by atoms with E-state index in [1.807, 2.05) is 0 Å². The predicted octanol–water partition coefficient (Wildman–Crippen LogP) is -1.60. The van der Waals surface area contributed by atoms with E-state index in [4.69, 9.17) is 15.9 Å². The minimum atomic E-state index is -1.57. The van der Waals surface area contributed by atoms with Gasteiger partial charge in [0.1, 0.15) is 5.72 Å². The summed E-state index contributed by atoms with van der Waals surface area (Å²) in [5.41, 5.74) is 3.75. The van der Waals surface area contributed by atoms with Gasteiger partial charge >= 0.3 is 0 Å². The maximum absolute atomic E-state index is 9.29. The average molecular weight is 147 g/mol. The van der Waals surface area contributed by atoms with Crippen molar-refractivity contribution in [2.75, 3.05) is 6.61 Å². The van der Waals surface area contributed by atoms with Crippen molar-refractivity contribution in [3.05, 3.63) is 0 Å². The summed E-state index contributed by atoms with van der Waals surface area (Å²) in [4.78, 5) is 0.